The van der Waals surface area contributed by atoms with Crippen LogP contribution in [-0.4, -0.2) is 4.98 Å². The number of aromatic nitrogens is 1. The van der Waals surface area contributed by atoms with Crippen LogP contribution >= 0.6 is 0 Å². The smallest absolute Gasteiger partial charge is 0.147 e. The number of rotatable bonds is 3. The summed E-state index contributed by atoms with van der Waals surface area (Å²) in [7, 11) is 0. The summed E-state index contributed by atoms with van der Waals surface area (Å²) in [6, 6.07) is 46.7. The van der Waals surface area contributed by atoms with E-state index in [2.05, 4.69) is 134 Å². The van der Waals surface area contributed by atoms with Crippen LogP contribution in [-0.2, 0) is 4.74 Å². The summed E-state index contributed by atoms with van der Waals surface area (Å²) in [5.41, 5.74) is 5.96. The minimum atomic E-state index is 0.662. The first kappa shape index (κ1) is 30.0. The van der Waals surface area contributed by atoms with Crippen molar-refractivity contribution < 1.29 is 4.74 Å². The van der Waals surface area contributed by atoms with Crippen molar-refractivity contribution in [2.45, 2.75) is 20.8 Å². The van der Waals surface area contributed by atoms with Crippen LogP contribution in [0.1, 0.15) is 37.7 Å². The lowest BCUT2D eigenvalue weighted by Crippen LogP contribution is -2.25. The molecule has 5 aromatic carbocycles. The molecular weight excluding hydrogens is 534 g/mol. The summed E-state index contributed by atoms with van der Waals surface area (Å²) in [4.78, 5) is 5.20. The molecule has 1 aliphatic rings. The third-order valence-corrected chi connectivity index (χ3v) is 7.45. The maximum atomic E-state index is 5.71. The minimum Gasteiger partial charge on any atom is -0.464 e. The van der Waals surface area contributed by atoms with Gasteiger partial charge in [0.15, 0.2) is 0 Å². The Kier molecular flexibility index (Phi) is 9.64. The van der Waals surface area contributed by atoms with Crippen molar-refractivity contribution in [2.24, 2.45) is 0 Å². The molecule has 216 valence electrons. The first-order valence-corrected chi connectivity index (χ1v) is 15.1. The van der Waals surface area contributed by atoms with Gasteiger partial charge in [0.05, 0.1) is 12.0 Å². The zero-order valence-corrected chi connectivity index (χ0v) is 25.6. The van der Waals surface area contributed by atoms with Gasteiger partial charge in [0, 0.05) is 11.1 Å². The highest BCUT2D eigenvalue weighted by molar-refractivity contribution is 6.01. The third-order valence-electron chi connectivity index (χ3n) is 7.45. The standard InChI is InChI=1S/C40H31NO.C2H6/c1-4-38(42-5-2)37-26-25-35-34-18-9-7-6-8-14-29-19-20-30-15-12-16-31(23-21-29)32(24-22-30)27-36(34)39(40(35)41-37)33-17-11-10-13-28(33)3;1-2/h4-27H,2-3H2,1H3;1-2H3/b7-6?,8-6?,9-7?,14-8?,15-12?,16-12?,18-9?,20-19?,23-21?,24-22?,29-14?,29-19?,29-21?,30-15?,30-20?,30-22?,31-16?,31-23?,32-24?,32-27?,32-31?,34-18?,36-27?,38-4-,39-33+;. The van der Waals surface area contributed by atoms with E-state index in [1.165, 1.54) is 6.26 Å². The molecule has 0 saturated carbocycles. The molecule has 2 heteroatoms. The average Bonchev–Trinajstić information content (AvgIpc) is 3.34. The van der Waals surface area contributed by atoms with E-state index in [0.29, 0.717) is 5.76 Å². The highest BCUT2D eigenvalue weighted by Gasteiger charge is 2.26. The SMILES string of the molecule is C=CO/C(=C\C)c1ccc2c(n1)/C(=c1\ccccc1=C)c1cc3ccc4cccc3ccc(ccccccc1-2)cc4.CC. The summed E-state index contributed by atoms with van der Waals surface area (Å²) in [6.45, 7) is 14.1. The van der Waals surface area contributed by atoms with Gasteiger partial charge in [-0.25, -0.2) is 4.98 Å². The molecule has 1 aliphatic carbocycles. The van der Waals surface area contributed by atoms with Crippen LogP contribution in [0, 0.1) is 0 Å². The fourth-order valence-electron chi connectivity index (χ4n) is 5.38. The van der Waals surface area contributed by atoms with E-state index >= 15 is 0 Å². The summed E-state index contributed by atoms with van der Waals surface area (Å²) in [5.74, 6) is 0.662. The van der Waals surface area contributed by atoms with Crippen LogP contribution in [0.5, 0.6) is 0 Å². The van der Waals surface area contributed by atoms with Gasteiger partial charge in [0.1, 0.15) is 11.5 Å². The topological polar surface area (TPSA) is 22.1 Å². The Morgan fingerprint density at radius 2 is 1.30 bits per heavy atom. The molecule has 6 aromatic rings. The lowest BCUT2D eigenvalue weighted by atomic mass is 10.0. The fourth-order valence-corrected chi connectivity index (χ4v) is 5.38. The number of allylic oxidation sites excluding steroid dienone is 1. The van der Waals surface area contributed by atoms with Crippen molar-refractivity contribution in [1.82, 2.24) is 4.98 Å². The van der Waals surface area contributed by atoms with Crippen molar-refractivity contribution in [3.63, 3.8) is 0 Å². The molecule has 1 aromatic heterocycles. The molecule has 0 N–H and O–H groups in total. The molecule has 0 atom stereocenters. The molecule has 1 heterocycles. The van der Waals surface area contributed by atoms with Gasteiger partial charge in [-0.3, -0.25) is 0 Å². The van der Waals surface area contributed by atoms with Crippen molar-refractivity contribution in [1.29, 1.82) is 0 Å². The molecule has 0 radical (unpaired) electrons. The molecule has 0 unspecified atom stereocenters. The van der Waals surface area contributed by atoms with Gasteiger partial charge in [-0.2, -0.15) is 0 Å². The van der Waals surface area contributed by atoms with E-state index in [-0.39, 0.29) is 0 Å². The molecule has 0 aliphatic heterocycles. The molecule has 0 spiro atoms. The van der Waals surface area contributed by atoms with Crippen LogP contribution in [0.15, 0.2) is 152 Å². The number of hydrogen-bond donors (Lipinski definition) is 0. The Bertz CT molecular complexity index is 2120. The van der Waals surface area contributed by atoms with Crippen LogP contribution in [0.4, 0.5) is 0 Å². The maximum Gasteiger partial charge on any atom is 0.147 e. The van der Waals surface area contributed by atoms with Gasteiger partial charge in [0.2, 0.25) is 0 Å². The van der Waals surface area contributed by atoms with E-state index in [0.717, 1.165) is 65.6 Å². The van der Waals surface area contributed by atoms with Crippen molar-refractivity contribution in [2.75, 3.05) is 0 Å². The number of fused-ring (bicyclic) bond motifs is 7. The van der Waals surface area contributed by atoms with Gasteiger partial charge >= 0.3 is 0 Å². The van der Waals surface area contributed by atoms with Gasteiger partial charge in [0.25, 0.3) is 0 Å². The molecule has 7 rings (SSSR count). The Hall–Kier alpha value is -5.47. The molecule has 2 nitrogen and oxygen atoms in total. The second kappa shape index (κ2) is 14.1. The zero-order valence-electron chi connectivity index (χ0n) is 25.6. The Balaban J connectivity index is 0.00000188. The monoisotopic (exact) mass is 571 g/mol. The zero-order chi connectivity index (χ0) is 30.9. The first-order chi connectivity index (χ1) is 21.7. The second-order valence-electron chi connectivity index (χ2n) is 10.1. The van der Waals surface area contributed by atoms with Crippen LogP contribution in [0.3, 0.4) is 0 Å². The van der Waals surface area contributed by atoms with Gasteiger partial charge in [-0.1, -0.05) is 142 Å². The molecular formula is C42H37NO. The molecule has 4 bridgehead atoms. The molecule has 44 heavy (non-hydrogen) atoms. The number of hydrogen-bond acceptors (Lipinski definition) is 2. The number of benzene rings is 1. The number of nitrogens with zero attached hydrogens (tertiary/aromatic N) is 1. The summed E-state index contributed by atoms with van der Waals surface area (Å²) >= 11 is 0. The summed E-state index contributed by atoms with van der Waals surface area (Å²) < 4.78 is 5.71. The largest absolute Gasteiger partial charge is 0.464 e. The molecule has 0 saturated heterocycles. The predicted octanol–water partition coefficient (Wildman–Crippen LogP) is 9.82. The first-order valence-electron chi connectivity index (χ1n) is 15.1. The highest BCUT2D eigenvalue weighted by atomic mass is 16.5. The van der Waals surface area contributed by atoms with Gasteiger partial charge in [-0.05, 0) is 74.3 Å². The maximum absolute atomic E-state index is 5.71. The Morgan fingerprint density at radius 3 is 2.02 bits per heavy atom. The van der Waals surface area contributed by atoms with E-state index < -0.39 is 0 Å². The van der Waals surface area contributed by atoms with E-state index in [9.17, 15) is 0 Å². The lowest BCUT2D eigenvalue weighted by Gasteiger charge is -2.08. The summed E-state index contributed by atoms with van der Waals surface area (Å²) in [5, 5.41) is 6.47. The number of pyridine rings is 1. The number of ether oxygens (including phenoxy) is 1. The van der Waals surface area contributed by atoms with Crippen LogP contribution in [0.2, 0.25) is 0 Å². The quantitative estimate of drug-likeness (QED) is 0.197. The Labute approximate surface area is 260 Å². The van der Waals surface area contributed by atoms with Gasteiger partial charge < -0.3 is 4.74 Å². The van der Waals surface area contributed by atoms with E-state index in [1.807, 2.05) is 39.0 Å². The van der Waals surface area contributed by atoms with Crippen molar-refractivity contribution in [3.05, 3.63) is 180 Å². The van der Waals surface area contributed by atoms with Crippen LogP contribution < -0.4 is 10.4 Å². The van der Waals surface area contributed by atoms with Crippen molar-refractivity contribution >= 4 is 39.5 Å². The molecule has 0 amide bonds. The van der Waals surface area contributed by atoms with Gasteiger partial charge in [-0.15, -0.1) is 0 Å². The predicted molar refractivity (Wildman–Crippen MR) is 189 cm³/mol. The Morgan fingerprint density at radius 1 is 0.636 bits per heavy atom. The molecule has 0 fully saturated rings. The highest BCUT2D eigenvalue weighted by Crippen LogP contribution is 2.42. The van der Waals surface area contributed by atoms with Crippen LogP contribution in [0.25, 0.3) is 50.6 Å². The lowest BCUT2D eigenvalue weighted by molar-refractivity contribution is 0.435. The van der Waals surface area contributed by atoms with Crippen molar-refractivity contribution in [3.8, 4) is 11.1 Å². The van der Waals surface area contributed by atoms with E-state index in [4.69, 9.17) is 9.72 Å². The fraction of sp³-hybridized carbons (Fsp3) is 0.0714. The summed E-state index contributed by atoms with van der Waals surface area (Å²) in [6.07, 6.45) is 3.34. The minimum absolute atomic E-state index is 0.662. The second-order valence-corrected chi connectivity index (χ2v) is 10.1. The van der Waals surface area contributed by atoms with E-state index in [1.54, 1.807) is 0 Å². The third kappa shape index (κ3) is 6.30. The average molecular weight is 572 g/mol. The normalized spacial score (nSPS) is 12.6.